The third-order valence-electron chi connectivity index (χ3n) is 6.87. The second-order valence-electron chi connectivity index (χ2n) is 9.67. The van der Waals surface area contributed by atoms with E-state index in [2.05, 4.69) is 14.7 Å². The van der Waals surface area contributed by atoms with Crippen LogP contribution < -0.4 is 9.62 Å². The fourth-order valence-electron chi connectivity index (χ4n) is 4.68. The number of aryl methyl sites for hydroxylation is 1. The lowest BCUT2D eigenvalue weighted by atomic mass is 10.0. The van der Waals surface area contributed by atoms with Gasteiger partial charge in [0.1, 0.15) is 0 Å². The van der Waals surface area contributed by atoms with Crippen LogP contribution in [-0.4, -0.2) is 53.1 Å². The smallest absolute Gasteiger partial charge is 0.263 e. The minimum absolute atomic E-state index is 0.126. The molecule has 2 aliphatic heterocycles. The fraction of sp³-hybridized carbons (Fsp3) is 0.500. The number of fused-ring (bicyclic) bond motifs is 3. The van der Waals surface area contributed by atoms with E-state index in [1.165, 1.54) is 6.07 Å². The number of sulfonamides is 1. The van der Waals surface area contributed by atoms with Crippen molar-refractivity contribution in [1.82, 2.24) is 19.4 Å². The van der Waals surface area contributed by atoms with Gasteiger partial charge in [0.2, 0.25) is 16.0 Å². The van der Waals surface area contributed by atoms with Gasteiger partial charge in [-0.2, -0.15) is 5.10 Å². The average Bonchev–Trinajstić information content (AvgIpc) is 3.63. The number of nitrogens with zero attached hydrogens (tertiary/aromatic N) is 5. The number of nitrogens with one attached hydrogen (secondary N) is 1. The molecule has 1 atom stereocenters. The van der Waals surface area contributed by atoms with Crippen LogP contribution in [0.5, 0.6) is 0 Å². The summed E-state index contributed by atoms with van der Waals surface area (Å²) < 4.78 is 30.4. The van der Waals surface area contributed by atoms with E-state index in [1.54, 1.807) is 27.9 Å². The molecule has 0 saturated heterocycles. The number of carbonyl (C=O) groups excluding carboxylic acids is 1. The summed E-state index contributed by atoms with van der Waals surface area (Å²) >= 11 is 0. The Bertz CT molecular complexity index is 1260. The zero-order valence-electron chi connectivity index (χ0n) is 18.2. The van der Waals surface area contributed by atoms with Crippen LogP contribution in [-0.2, 0) is 23.6 Å². The Morgan fingerprint density at radius 1 is 1.25 bits per heavy atom. The normalized spacial score (nSPS) is 23.8. The van der Waals surface area contributed by atoms with Crippen molar-refractivity contribution in [1.29, 1.82) is 0 Å². The molecule has 1 N–H and O–H groups in total. The van der Waals surface area contributed by atoms with Crippen LogP contribution in [0.2, 0.25) is 0 Å². The molecule has 32 heavy (non-hydrogen) atoms. The summed E-state index contributed by atoms with van der Waals surface area (Å²) in [5.74, 6) is 0.977. The summed E-state index contributed by atoms with van der Waals surface area (Å²) in [7, 11) is -1.87. The third kappa shape index (κ3) is 3.24. The van der Waals surface area contributed by atoms with Crippen molar-refractivity contribution in [2.75, 3.05) is 11.4 Å². The first kappa shape index (κ1) is 19.9. The van der Waals surface area contributed by atoms with E-state index in [0.717, 1.165) is 36.9 Å². The number of hydrogen-bond donors (Lipinski definition) is 1. The van der Waals surface area contributed by atoms with Crippen LogP contribution in [0.4, 0.5) is 5.69 Å². The topological polar surface area (TPSA) is 99.9 Å². The first-order chi connectivity index (χ1) is 15.2. The van der Waals surface area contributed by atoms with Gasteiger partial charge >= 0.3 is 0 Å². The van der Waals surface area contributed by atoms with E-state index in [1.807, 2.05) is 20.2 Å². The number of amides is 1. The van der Waals surface area contributed by atoms with Gasteiger partial charge in [-0.3, -0.25) is 19.4 Å². The van der Waals surface area contributed by atoms with Gasteiger partial charge in [-0.15, -0.1) is 0 Å². The molecule has 4 aliphatic rings. The molecule has 1 aromatic carbocycles. The molecule has 10 heteroatoms. The molecule has 2 aromatic rings. The van der Waals surface area contributed by atoms with E-state index in [9.17, 15) is 13.2 Å². The Kier molecular flexibility index (Phi) is 4.14. The molecule has 2 aliphatic carbocycles. The van der Waals surface area contributed by atoms with Crippen LogP contribution in [0.3, 0.4) is 0 Å². The molecule has 6 rings (SSSR count). The Labute approximate surface area is 187 Å². The minimum atomic E-state index is -3.71. The van der Waals surface area contributed by atoms with Gasteiger partial charge in [-0.05, 0) is 56.7 Å². The maximum Gasteiger partial charge on any atom is 0.263 e. The number of hydrogen-bond acceptors (Lipinski definition) is 6. The molecular weight excluding hydrogens is 428 g/mol. The molecule has 1 aromatic heterocycles. The van der Waals surface area contributed by atoms with E-state index in [4.69, 9.17) is 4.99 Å². The number of aliphatic imine (C=N–C) groups is 1. The second kappa shape index (κ2) is 6.64. The van der Waals surface area contributed by atoms with Crippen molar-refractivity contribution in [3.05, 3.63) is 41.7 Å². The highest BCUT2D eigenvalue weighted by Gasteiger charge is 2.47. The first-order valence-corrected chi connectivity index (χ1v) is 12.5. The number of aromatic nitrogens is 2. The first-order valence-electron chi connectivity index (χ1n) is 11.1. The van der Waals surface area contributed by atoms with Crippen LogP contribution in [0.25, 0.3) is 0 Å². The Morgan fingerprint density at radius 3 is 2.69 bits per heavy atom. The van der Waals surface area contributed by atoms with Crippen LogP contribution in [0, 0.1) is 5.92 Å². The van der Waals surface area contributed by atoms with E-state index in [0.29, 0.717) is 30.5 Å². The maximum absolute atomic E-state index is 13.6. The highest BCUT2D eigenvalue weighted by Crippen LogP contribution is 2.43. The van der Waals surface area contributed by atoms with Gasteiger partial charge in [0.05, 0.1) is 41.5 Å². The summed E-state index contributed by atoms with van der Waals surface area (Å²) in [4.78, 5) is 22.3. The molecule has 3 heterocycles. The van der Waals surface area contributed by atoms with Crippen molar-refractivity contribution in [2.24, 2.45) is 18.0 Å². The highest BCUT2D eigenvalue weighted by atomic mass is 32.2. The number of rotatable bonds is 6. The highest BCUT2D eigenvalue weighted by molar-refractivity contribution is 7.89. The van der Waals surface area contributed by atoms with Gasteiger partial charge in [0.15, 0.2) is 0 Å². The quantitative estimate of drug-likeness (QED) is 0.718. The molecule has 9 nitrogen and oxygen atoms in total. The van der Waals surface area contributed by atoms with Crippen molar-refractivity contribution >= 4 is 27.6 Å². The summed E-state index contributed by atoms with van der Waals surface area (Å²) in [6.07, 6.45) is 7.58. The van der Waals surface area contributed by atoms with Gasteiger partial charge in [0.25, 0.3) is 5.91 Å². The van der Waals surface area contributed by atoms with E-state index >= 15 is 0 Å². The summed E-state index contributed by atoms with van der Waals surface area (Å²) in [6.45, 7) is 2.89. The molecule has 0 unspecified atom stereocenters. The largest absolute Gasteiger partial charge is 0.306 e. The van der Waals surface area contributed by atoms with Crippen molar-refractivity contribution in [3.63, 3.8) is 0 Å². The fourth-order valence-corrected chi connectivity index (χ4v) is 6.17. The molecular formula is C22H26N6O3S. The van der Waals surface area contributed by atoms with Crippen molar-refractivity contribution in [3.8, 4) is 0 Å². The predicted octanol–water partition coefficient (Wildman–Crippen LogP) is 1.86. The molecule has 0 bridgehead atoms. The third-order valence-corrected chi connectivity index (χ3v) is 8.50. The van der Waals surface area contributed by atoms with E-state index < -0.39 is 10.0 Å². The van der Waals surface area contributed by atoms with Crippen LogP contribution >= 0.6 is 0 Å². The van der Waals surface area contributed by atoms with E-state index in [-0.39, 0.29) is 22.4 Å². The second-order valence-corrected chi connectivity index (χ2v) is 11.4. The average molecular weight is 455 g/mol. The zero-order valence-corrected chi connectivity index (χ0v) is 19.0. The zero-order chi connectivity index (χ0) is 22.3. The molecule has 2 saturated carbocycles. The lowest BCUT2D eigenvalue weighted by Gasteiger charge is -2.39. The van der Waals surface area contributed by atoms with Crippen LogP contribution in [0.1, 0.15) is 48.5 Å². The maximum atomic E-state index is 13.6. The Balaban J connectivity index is 1.41. The Morgan fingerprint density at radius 2 is 2.03 bits per heavy atom. The van der Waals surface area contributed by atoms with Gasteiger partial charge in [0, 0.05) is 24.3 Å². The number of carbonyl (C=O) groups is 1. The van der Waals surface area contributed by atoms with Crippen molar-refractivity contribution in [2.45, 2.75) is 55.6 Å². The Hall–Kier alpha value is -2.72. The summed E-state index contributed by atoms with van der Waals surface area (Å²) in [5.41, 5.74) is 1.68. The van der Waals surface area contributed by atoms with Crippen LogP contribution in [0.15, 0.2) is 40.5 Å². The molecule has 0 radical (unpaired) electrons. The minimum Gasteiger partial charge on any atom is -0.306 e. The lowest BCUT2D eigenvalue weighted by Crippen LogP contribution is -2.53. The number of guanidine groups is 1. The number of anilines is 1. The summed E-state index contributed by atoms with van der Waals surface area (Å²) in [6, 6.07) is 5.12. The SMILES string of the molecule is Cn1cc(CN2C(=O)c3cc(S(=O)(=O)NC4(C)CC4)ccc3N3C2=NC[C@H]3C2CC2)cn1. The predicted molar refractivity (Wildman–Crippen MR) is 119 cm³/mol. The molecule has 168 valence electrons. The lowest BCUT2D eigenvalue weighted by molar-refractivity contribution is 0.0832. The monoisotopic (exact) mass is 454 g/mol. The van der Waals surface area contributed by atoms with Gasteiger partial charge in [-0.25, -0.2) is 13.1 Å². The standard InChI is InChI=1S/C22H26N6O3S/c1-22(7-8-22)25-32(30,31)16-5-6-18-17(9-16)20(29)27(13-14-10-24-26(2)12-14)21-23-11-19(28(18)21)15-3-4-15/h5-6,9-10,12,15,19,25H,3-4,7-8,11,13H2,1-2H3/t19-/m0/s1. The molecule has 1 amide bonds. The van der Waals surface area contributed by atoms with Gasteiger partial charge < -0.3 is 4.90 Å². The molecule has 2 fully saturated rings. The number of benzene rings is 1. The molecule has 0 spiro atoms. The van der Waals surface area contributed by atoms with Crippen molar-refractivity contribution < 1.29 is 13.2 Å². The van der Waals surface area contributed by atoms with Gasteiger partial charge in [-0.1, -0.05) is 0 Å². The summed E-state index contributed by atoms with van der Waals surface area (Å²) in [5, 5.41) is 4.21.